The Morgan fingerprint density at radius 2 is 1.86 bits per heavy atom. The second kappa shape index (κ2) is 5.09. The van der Waals surface area contributed by atoms with Crippen molar-refractivity contribution in [2.75, 3.05) is 0 Å². The fourth-order valence-electron chi connectivity index (χ4n) is 2.12. The number of aromatic amines is 1. The number of pyridine rings is 1. The normalized spacial score (nSPS) is 11.2. The van der Waals surface area contributed by atoms with Gasteiger partial charge in [-0.2, -0.15) is 18.4 Å². The number of hydrogen-bond donors (Lipinski definition) is 1. The highest BCUT2D eigenvalue weighted by Gasteiger charge is 2.32. The van der Waals surface area contributed by atoms with Crippen molar-refractivity contribution in [2.45, 2.75) is 20.0 Å². The highest BCUT2D eigenvalue weighted by Crippen LogP contribution is 2.35. The largest absolute Gasteiger partial charge is 0.416 e. The molecule has 1 heterocycles. The molecule has 1 N–H and O–H groups in total. The number of hydrogen-bond acceptors (Lipinski definition) is 2. The molecular formula is C15H11F3N2O. The molecule has 1 aromatic heterocycles. The van der Waals surface area contributed by atoms with E-state index in [0.29, 0.717) is 5.69 Å². The van der Waals surface area contributed by atoms with E-state index in [1.807, 2.05) is 0 Å². The van der Waals surface area contributed by atoms with Crippen LogP contribution in [0.2, 0.25) is 0 Å². The molecule has 21 heavy (non-hydrogen) atoms. The van der Waals surface area contributed by atoms with Gasteiger partial charge in [-0.15, -0.1) is 0 Å². The standard InChI is InChI=1S/C15H11F3N2O/c1-8-3-4-10(6-13(8)15(16,17)18)11-5-9(2)20-14(21)12(11)7-19/h3-6H,1-2H3,(H,20,21). The van der Waals surface area contributed by atoms with Gasteiger partial charge in [-0.25, -0.2) is 0 Å². The molecule has 6 heteroatoms. The zero-order valence-electron chi connectivity index (χ0n) is 11.3. The zero-order valence-corrected chi connectivity index (χ0v) is 11.3. The Morgan fingerprint density at radius 3 is 2.43 bits per heavy atom. The first-order chi connectivity index (χ1) is 9.74. The summed E-state index contributed by atoms with van der Waals surface area (Å²) in [4.78, 5) is 14.2. The molecule has 0 radical (unpaired) electrons. The molecule has 1 aromatic carbocycles. The Balaban J connectivity index is 2.75. The summed E-state index contributed by atoms with van der Waals surface area (Å²) in [6.07, 6.45) is -4.48. The maximum Gasteiger partial charge on any atom is 0.416 e. The lowest BCUT2D eigenvalue weighted by molar-refractivity contribution is -0.138. The highest BCUT2D eigenvalue weighted by atomic mass is 19.4. The SMILES string of the molecule is Cc1cc(-c2ccc(C)c(C(F)(F)F)c2)c(C#N)c(=O)[nH]1. The average molecular weight is 292 g/mol. The number of nitrogens with one attached hydrogen (secondary N) is 1. The Bertz CT molecular complexity index is 798. The van der Waals surface area contributed by atoms with Crippen LogP contribution in [0, 0.1) is 25.2 Å². The fraction of sp³-hybridized carbons (Fsp3) is 0.200. The third-order valence-corrected chi connectivity index (χ3v) is 3.13. The number of benzene rings is 1. The van der Waals surface area contributed by atoms with Crippen LogP contribution in [0.5, 0.6) is 0 Å². The summed E-state index contributed by atoms with van der Waals surface area (Å²) in [5, 5.41) is 9.04. The first-order valence-corrected chi connectivity index (χ1v) is 6.06. The molecule has 0 aliphatic carbocycles. The molecule has 0 bridgehead atoms. The summed E-state index contributed by atoms with van der Waals surface area (Å²) < 4.78 is 38.9. The van der Waals surface area contributed by atoms with E-state index >= 15 is 0 Å². The van der Waals surface area contributed by atoms with Crippen LogP contribution in [0.4, 0.5) is 13.2 Å². The van der Waals surface area contributed by atoms with Gasteiger partial charge in [-0.1, -0.05) is 12.1 Å². The van der Waals surface area contributed by atoms with Gasteiger partial charge in [-0.3, -0.25) is 4.79 Å². The van der Waals surface area contributed by atoms with Crippen LogP contribution in [0.25, 0.3) is 11.1 Å². The number of rotatable bonds is 1. The minimum absolute atomic E-state index is 0.0892. The van der Waals surface area contributed by atoms with Crippen LogP contribution < -0.4 is 5.56 Å². The molecule has 0 spiro atoms. The number of aromatic nitrogens is 1. The van der Waals surface area contributed by atoms with E-state index < -0.39 is 17.3 Å². The maximum absolute atomic E-state index is 13.0. The zero-order chi connectivity index (χ0) is 15.8. The van der Waals surface area contributed by atoms with Crippen molar-refractivity contribution in [1.29, 1.82) is 5.26 Å². The van der Waals surface area contributed by atoms with Gasteiger partial charge in [0.15, 0.2) is 0 Å². The van der Waals surface area contributed by atoms with Crippen LogP contribution in [0.3, 0.4) is 0 Å². The Labute approximate surface area is 118 Å². The number of H-pyrrole nitrogens is 1. The van der Waals surface area contributed by atoms with E-state index in [9.17, 15) is 18.0 Å². The predicted octanol–water partition coefficient (Wildman–Crippen LogP) is 3.55. The molecule has 2 rings (SSSR count). The molecule has 0 unspecified atom stereocenters. The molecule has 0 fully saturated rings. The van der Waals surface area contributed by atoms with Gasteiger partial charge in [0.2, 0.25) is 0 Å². The van der Waals surface area contributed by atoms with E-state index in [4.69, 9.17) is 5.26 Å². The van der Waals surface area contributed by atoms with Crippen molar-refractivity contribution in [2.24, 2.45) is 0 Å². The number of halogens is 3. The third-order valence-electron chi connectivity index (χ3n) is 3.13. The second-order valence-electron chi connectivity index (χ2n) is 4.71. The van der Waals surface area contributed by atoms with E-state index in [1.165, 1.54) is 25.1 Å². The van der Waals surface area contributed by atoms with Gasteiger partial charge in [0.25, 0.3) is 5.56 Å². The summed E-state index contributed by atoms with van der Waals surface area (Å²) >= 11 is 0. The lowest BCUT2D eigenvalue weighted by atomic mass is 9.96. The van der Waals surface area contributed by atoms with Crippen molar-refractivity contribution >= 4 is 0 Å². The number of nitrogens with zero attached hydrogens (tertiary/aromatic N) is 1. The van der Waals surface area contributed by atoms with Gasteiger partial charge in [0.1, 0.15) is 11.6 Å². The summed E-state index contributed by atoms with van der Waals surface area (Å²) in [5.41, 5.74) is -0.626. The smallest absolute Gasteiger partial charge is 0.325 e. The van der Waals surface area contributed by atoms with Crippen molar-refractivity contribution in [3.8, 4) is 17.2 Å². The van der Waals surface area contributed by atoms with E-state index in [1.54, 1.807) is 13.0 Å². The van der Waals surface area contributed by atoms with Gasteiger partial charge >= 0.3 is 6.18 Å². The molecule has 108 valence electrons. The lowest BCUT2D eigenvalue weighted by Crippen LogP contribution is -2.13. The lowest BCUT2D eigenvalue weighted by Gasteiger charge is -2.13. The van der Waals surface area contributed by atoms with E-state index in [2.05, 4.69) is 4.98 Å². The van der Waals surface area contributed by atoms with Gasteiger partial charge in [-0.05, 0) is 37.1 Å². The van der Waals surface area contributed by atoms with Crippen LogP contribution in [-0.4, -0.2) is 4.98 Å². The molecule has 0 amide bonds. The number of aryl methyl sites for hydroxylation is 2. The van der Waals surface area contributed by atoms with Crippen LogP contribution in [-0.2, 0) is 6.18 Å². The Morgan fingerprint density at radius 1 is 1.19 bits per heavy atom. The Kier molecular flexibility index (Phi) is 3.60. The molecule has 2 aromatic rings. The fourth-order valence-corrected chi connectivity index (χ4v) is 2.12. The average Bonchev–Trinajstić information content (AvgIpc) is 2.37. The van der Waals surface area contributed by atoms with Crippen molar-refractivity contribution in [3.63, 3.8) is 0 Å². The minimum atomic E-state index is -4.48. The molecule has 0 saturated carbocycles. The van der Waals surface area contributed by atoms with E-state index in [0.717, 1.165) is 6.07 Å². The predicted molar refractivity (Wildman–Crippen MR) is 71.7 cm³/mol. The summed E-state index contributed by atoms with van der Waals surface area (Å²) in [7, 11) is 0. The van der Waals surface area contributed by atoms with Crippen LogP contribution >= 0.6 is 0 Å². The van der Waals surface area contributed by atoms with Gasteiger partial charge < -0.3 is 4.98 Å². The summed E-state index contributed by atoms with van der Waals surface area (Å²) in [5.74, 6) is 0. The molecule has 0 aliphatic heterocycles. The number of nitriles is 1. The Hall–Kier alpha value is -2.55. The van der Waals surface area contributed by atoms with Crippen LogP contribution in [0.15, 0.2) is 29.1 Å². The molecular weight excluding hydrogens is 281 g/mol. The van der Waals surface area contributed by atoms with Crippen molar-refractivity contribution in [3.05, 3.63) is 57.0 Å². The first kappa shape index (κ1) is 14.9. The maximum atomic E-state index is 13.0. The molecule has 3 nitrogen and oxygen atoms in total. The van der Waals surface area contributed by atoms with E-state index in [-0.39, 0.29) is 22.3 Å². The van der Waals surface area contributed by atoms with Gasteiger partial charge in [0, 0.05) is 11.3 Å². The monoisotopic (exact) mass is 292 g/mol. The minimum Gasteiger partial charge on any atom is -0.325 e. The second-order valence-corrected chi connectivity index (χ2v) is 4.71. The molecule has 0 atom stereocenters. The third kappa shape index (κ3) is 2.82. The van der Waals surface area contributed by atoms with Crippen molar-refractivity contribution in [1.82, 2.24) is 4.98 Å². The molecule has 0 aliphatic rings. The summed E-state index contributed by atoms with van der Waals surface area (Å²) in [6, 6.07) is 6.99. The highest BCUT2D eigenvalue weighted by molar-refractivity contribution is 5.71. The topological polar surface area (TPSA) is 56.6 Å². The molecule has 0 saturated heterocycles. The van der Waals surface area contributed by atoms with Gasteiger partial charge in [0.05, 0.1) is 5.56 Å². The van der Waals surface area contributed by atoms with Crippen molar-refractivity contribution < 1.29 is 13.2 Å². The number of alkyl halides is 3. The van der Waals surface area contributed by atoms with Crippen LogP contribution in [0.1, 0.15) is 22.4 Å². The quantitative estimate of drug-likeness (QED) is 0.873. The first-order valence-electron chi connectivity index (χ1n) is 6.06. The summed E-state index contributed by atoms with van der Waals surface area (Å²) in [6.45, 7) is 2.96.